The van der Waals surface area contributed by atoms with Gasteiger partial charge in [0.25, 0.3) is 0 Å². The van der Waals surface area contributed by atoms with E-state index in [1.165, 1.54) is 70.2 Å². The predicted molar refractivity (Wildman–Crippen MR) is 152 cm³/mol. The van der Waals surface area contributed by atoms with E-state index in [0.717, 1.165) is 15.4 Å². The van der Waals surface area contributed by atoms with Crippen LogP contribution in [0.15, 0.2) is 93.9 Å². The average molecular weight is 574 g/mol. The van der Waals surface area contributed by atoms with Crippen LogP contribution >= 0.6 is 31.9 Å². The summed E-state index contributed by atoms with van der Waals surface area (Å²) in [5.74, 6) is 0. The van der Waals surface area contributed by atoms with E-state index in [9.17, 15) is 0 Å². The lowest BCUT2D eigenvalue weighted by atomic mass is 9.67. The molecule has 0 heterocycles. The zero-order chi connectivity index (χ0) is 23.7. The van der Waals surface area contributed by atoms with Crippen molar-refractivity contribution in [2.24, 2.45) is 0 Å². The maximum atomic E-state index is 3.78. The average Bonchev–Trinajstić information content (AvgIpc) is 3.12. The van der Waals surface area contributed by atoms with Crippen molar-refractivity contribution < 1.29 is 0 Å². The molecule has 0 saturated carbocycles. The van der Waals surface area contributed by atoms with Gasteiger partial charge < -0.3 is 0 Å². The Hall–Kier alpha value is -2.16. The van der Waals surface area contributed by atoms with Crippen molar-refractivity contribution in [3.05, 3.63) is 127 Å². The highest BCUT2D eigenvalue weighted by atomic mass is 79.9. The normalized spacial score (nSPS) is 13.5. The molecule has 0 nitrogen and oxygen atoms in total. The summed E-state index contributed by atoms with van der Waals surface area (Å²) in [6.07, 6.45) is 6.34. The topological polar surface area (TPSA) is 0 Å². The van der Waals surface area contributed by atoms with Crippen molar-refractivity contribution in [2.45, 2.75) is 51.4 Å². The van der Waals surface area contributed by atoms with Crippen LogP contribution in [0.4, 0.5) is 0 Å². The molecule has 0 N–H and O–H groups in total. The molecule has 0 unspecified atom stereocenters. The highest BCUT2D eigenvalue weighted by Gasteiger charge is 2.46. The molecular formula is C32H30Br2. The molecular weight excluding hydrogens is 544 g/mol. The lowest BCUT2D eigenvalue weighted by Gasteiger charge is -2.34. The van der Waals surface area contributed by atoms with Gasteiger partial charge in [-0.2, -0.15) is 0 Å². The second kappa shape index (κ2) is 9.84. The standard InChI is InChI=1S/C32H30Br2/c1-3-4-5-6-7-23-10-14-25(15-11-23)32(24-12-8-22(2)9-13-24)30-20-26(33)16-18-28(30)29-19-17-27(34)21-31(29)32/h8-21H,3-7H2,1-2H3. The number of aryl methyl sites for hydroxylation is 2. The second-order valence-corrected chi connectivity index (χ2v) is 11.3. The van der Waals surface area contributed by atoms with Gasteiger partial charge in [0.1, 0.15) is 0 Å². The number of benzene rings is 4. The third-order valence-corrected chi connectivity index (χ3v) is 8.24. The van der Waals surface area contributed by atoms with Crippen LogP contribution in [0.3, 0.4) is 0 Å². The van der Waals surface area contributed by atoms with Crippen molar-refractivity contribution in [1.29, 1.82) is 0 Å². The molecule has 0 aliphatic heterocycles. The largest absolute Gasteiger partial charge is 0.0714 e. The predicted octanol–water partition coefficient (Wildman–Crippen LogP) is 10.0. The fourth-order valence-electron chi connectivity index (χ4n) is 5.54. The Labute approximate surface area is 220 Å². The summed E-state index contributed by atoms with van der Waals surface area (Å²) in [5.41, 5.74) is 10.3. The van der Waals surface area contributed by atoms with Crippen LogP contribution in [0.2, 0.25) is 0 Å². The van der Waals surface area contributed by atoms with Crippen molar-refractivity contribution in [3.8, 4) is 11.1 Å². The molecule has 1 aliphatic carbocycles. The molecule has 0 aromatic heterocycles. The van der Waals surface area contributed by atoms with Gasteiger partial charge in [0.15, 0.2) is 0 Å². The Morgan fingerprint density at radius 2 is 1.15 bits per heavy atom. The lowest BCUT2D eigenvalue weighted by molar-refractivity contribution is 0.666. The summed E-state index contributed by atoms with van der Waals surface area (Å²) in [5, 5.41) is 0. The fraction of sp³-hybridized carbons (Fsp3) is 0.250. The Morgan fingerprint density at radius 1 is 0.618 bits per heavy atom. The van der Waals surface area contributed by atoms with Crippen LogP contribution in [0.5, 0.6) is 0 Å². The Kier molecular flexibility index (Phi) is 6.82. The maximum Gasteiger partial charge on any atom is 0.0714 e. The van der Waals surface area contributed by atoms with Crippen molar-refractivity contribution in [3.63, 3.8) is 0 Å². The Balaban J connectivity index is 1.72. The molecule has 5 rings (SSSR count). The molecule has 0 radical (unpaired) electrons. The molecule has 0 fully saturated rings. The van der Waals surface area contributed by atoms with Gasteiger partial charge in [0, 0.05) is 8.95 Å². The smallest absolute Gasteiger partial charge is 0.0654 e. The molecule has 0 saturated heterocycles. The van der Waals surface area contributed by atoms with E-state index in [2.05, 4.69) is 131 Å². The van der Waals surface area contributed by atoms with Gasteiger partial charge in [0.05, 0.1) is 5.41 Å². The van der Waals surface area contributed by atoms with Crippen LogP contribution in [0, 0.1) is 6.92 Å². The number of hydrogen-bond acceptors (Lipinski definition) is 0. The highest BCUT2D eigenvalue weighted by Crippen LogP contribution is 2.57. The van der Waals surface area contributed by atoms with Crippen LogP contribution in [0.1, 0.15) is 66.0 Å². The summed E-state index contributed by atoms with van der Waals surface area (Å²) in [7, 11) is 0. The molecule has 0 spiro atoms. The molecule has 1 aliphatic rings. The SMILES string of the molecule is CCCCCCc1ccc(C2(c3ccc(C)cc3)c3cc(Br)ccc3-c3ccc(Br)cc32)cc1. The van der Waals surface area contributed by atoms with Crippen LogP contribution in [0.25, 0.3) is 11.1 Å². The maximum absolute atomic E-state index is 3.78. The van der Waals surface area contributed by atoms with E-state index in [1.54, 1.807) is 0 Å². The van der Waals surface area contributed by atoms with E-state index < -0.39 is 0 Å². The summed E-state index contributed by atoms with van der Waals surface area (Å²) in [4.78, 5) is 0. The van der Waals surface area contributed by atoms with E-state index in [0.29, 0.717) is 0 Å². The van der Waals surface area contributed by atoms with Gasteiger partial charge in [0.2, 0.25) is 0 Å². The second-order valence-electron chi connectivity index (χ2n) is 9.50. The Bertz CT molecular complexity index is 1250. The molecule has 4 aromatic carbocycles. The first-order valence-electron chi connectivity index (χ1n) is 12.3. The molecule has 0 amide bonds. The van der Waals surface area contributed by atoms with Crippen molar-refractivity contribution in [1.82, 2.24) is 0 Å². The Morgan fingerprint density at radius 3 is 1.68 bits per heavy atom. The van der Waals surface area contributed by atoms with Crippen LogP contribution < -0.4 is 0 Å². The van der Waals surface area contributed by atoms with E-state index in [4.69, 9.17) is 0 Å². The van der Waals surface area contributed by atoms with Crippen molar-refractivity contribution >= 4 is 31.9 Å². The third-order valence-electron chi connectivity index (χ3n) is 7.25. The monoisotopic (exact) mass is 572 g/mol. The number of rotatable bonds is 7. The molecule has 34 heavy (non-hydrogen) atoms. The highest BCUT2D eigenvalue weighted by molar-refractivity contribution is 9.10. The quantitative estimate of drug-likeness (QED) is 0.170. The first-order valence-corrected chi connectivity index (χ1v) is 13.9. The number of hydrogen-bond donors (Lipinski definition) is 0. The van der Waals surface area contributed by atoms with Gasteiger partial charge in [-0.25, -0.2) is 0 Å². The minimum absolute atomic E-state index is 0.354. The zero-order valence-electron chi connectivity index (χ0n) is 19.9. The van der Waals surface area contributed by atoms with Crippen LogP contribution in [-0.4, -0.2) is 0 Å². The van der Waals surface area contributed by atoms with Crippen molar-refractivity contribution in [2.75, 3.05) is 0 Å². The first kappa shape index (κ1) is 23.6. The van der Waals surface area contributed by atoms with E-state index in [1.807, 2.05) is 0 Å². The lowest BCUT2D eigenvalue weighted by Crippen LogP contribution is -2.28. The molecule has 2 heteroatoms. The van der Waals surface area contributed by atoms with Gasteiger partial charge in [-0.3, -0.25) is 0 Å². The molecule has 0 atom stereocenters. The molecule has 4 aromatic rings. The van der Waals surface area contributed by atoms with Gasteiger partial charge in [-0.15, -0.1) is 0 Å². The van der Waals surface area contributed by atoms with Crippen LogP contribution in [-0.2, 0) is 11.8 Å². The van der Waals surface area contributed by atoms with Gasteiger partial charge >= 0.3 is 0 Å². The summed E-state index contributed by atoms with van der Waals surface area (Å²) < 4.78 is 2.23. The van der Waals surface area contributed by atoms with E-state index >= 15 is 0 Å². The number of fused-ring (bicyclic) bond motifs is 3. The van der Waals surface area contributed by atoms with Gasteiger partial charge in [-0.1, -0.05) is 124 Å². The minimum Gasteiger partial charge on any atom is -0.0654 e. The summed E-state index contributed by atoms with van der Waals surface area (Å²) in [6.45, 7) is 4.43. The van der Waals surface area contributed by atoms with Gasteiger partial charge in [-0.05, 0) is 83.0 Å². The first-order chi connectivity index (χ1) is 16.5. The molecule has 0 bridgehead atoms. The third kappa shape index (κ3) is 4.10. The van der Waals surface area contributed by atoms with E-state index in [-0.39, 0.29) is 5.41 Å². The zero-order valence-corrected chi connectivity index (χ0v) is 23.0. The minimum atomic E-state index is -0.354. The number of halogens is 2. The molecule has 172 valence electrons. The number of unbranched alkanes of at least 4 members (excludes halogenated alkanes) is 3. The fourth-order valence-corrected chi connectivity index (χ4v) is 6.26. The summed E-state index contributed by atoms with van der Waals surface area (Å²) >= 11 is 7.55. The summed E-state index contributed by atoms with van der Waals surface area (Å²) in [6, 6.07) is 32.1.